The van der Waals surface area contributed by atoms with E-state index in [0.29, 0.717) is 11.1 Å². The fourth-order valence-electron chi connectivity index (χ4n) is 6.34. The highest BCUT2D eigenvalue weighted by molar-refractivity contribution is 5.90. The number of hydrogen-bond donors (Lipinski definition) is 0. The predicted octanol–water partition coefficient (Wildman–Crippen LogP) is 7.80. The standard InChI is InChI=1S/C37H38O5/c1-25-17-13-14-22-28(25)36(5)29-23-15-16-24-30(29)37(6,42-35(2,3)4)32(41-34(39)27-20-11-8-12-21-27)31(36)40-33(38)26-18-9-7-10-19-26/h7-24,31-32H,1-6H3/t31?,32?,36-,37-/m1/s1. The molecule has 5 rings (SSSR count). The van der Waals surface area contributed by atoms with Crippen molar-refractivity contribution in [1.29, 1.82) is 0 Å². The van der Waals surface area contributed by atoms with Gasteiger partial charge in [0.2, 0.25) is 0 Å². The van der Waals surface area contributed by atoms with Crippen molar-refractivity contribution >= 4 is 11.9 Å². The summed E-state index contributed by atoms with van der Waals surface area (Å²) in [6.45, 7) is 12.0. The second kappa shape index (κ2) is 11.2. The smallest absolute Gasteiger partial charge is 0.338 e. The van der Waals surface area contributed by atoms with Crippen LogP contribution >= 0.6 is 0 Å². The highest BCUT2D eigenvalue weighted by Crippen LogP contribution is 2.54. The molecular formula is C37H38O5. The molecule has 0 aliphatic heterocycles. The van der Waals surface area contributed by atoms with E-state index in [-0.39, 0.29) is 0 Å². The second-order valence-electron chi connectivity index (χ2n) is 12.3. The zero-order valence-corrected chi connectivity index (χ0v) is 25.1. The molecule has 0 saturated carbocycles. The maximum atomic E-state index is 13.8. The molecule has 1 aliphatic carbocycles. The first kappa shape index (κ1) is 29.3. The molecular weight excluding hydrogens is 524 g/mol. The number of esters is 2. The van der Waals surface area contributed by atoms with Crippen molar-refractivity contribution in [2.45, 2.75) is 70.4 Å². The molecule has 0 N–H and O–H groups in total. The van der Waals surface area contributed by atoms with Gasteiger partial charge in [0.15, 0.2) is 12.2 Å². The minimum atomic E-state index is -1.16. The van der Waals surface area contributed by atoms with E-state index in [2.05, 4.69) is 19.1 Å². The Hall–Kier alpha value is -4.22. The molecule has 42 heavy (non-hydrogen) atoms. The minimum absolute atomic E-state index is 0.403. The zero-order valence-electron chi connectivity index (χ0n) is 25.1. The van der Waals surface area contributed by atoms with E-state index in [1.807, 2.05) is 83.1 Å². The van der Waals surface area contributed by atoms with Crippen molar-refractivity contribution in [3.05, 3.63) is 143 Å². The molecule has 0 heterocycles. The van der Waals surface area contributed by atoms with Crippen molar-refractivity contribution in [3.63, 3.8) is 0 Å². The first-order chi connectivity index (χ1) is 19.9. The van der Waals surface area contributed by atoms with Crippen molar-refractivity contribution in [1.82, 2.24) is 0 Å². The summed E-state index contributed by atoms with van der Waals surface area (Å²) in [7, 11) is 0. The van der Waals surface area contributed by atoms with E-state index in [1.165, 1.54) is 0 Å². The zero-order chi connectivity index (χ0) is 30.1. The Kier molecular flexibility index (Phi) is 7.82. The van der Waals surface area contributed by atoms with E-state index < -0.39 is 40.8 Å². The van der Waals surface area contributed by atoms with Gasteiger partial charge in [-0.1, -0.05) is 84.9 Å². The van der Waals surface area contributed by atoms with Crippen LogP contribution in [0.2, 0.25) is 0 Å². The number of carbonyl (C=O) groups is 2. The summed E-state index contributed by atoms with van der Waals surface area (Å²) >= 11 is 0. The van der Waals surface area contributed by atoms with Crippen molar-refractivity contribution in [3.8, 4) is 0 Å². The summed E-state index contributed by atoms with van der Waals surface area (Å²) in [5.74, 6) is -1.02. The summed E-state index contributed by atoms with van der Waals surface area (Å²) in [6.07, 6.45) is -1.95. The van der Waals surface area contributed by atoms with Crippen LogP contribution in [0, 0.1) is 6.92 Å². The largest absolute Gasteiger partial charge is 0.453 e. The third-order valence-electron chi connectivity index (χ3n) is 8.12. The second-order valence-corrected chi connectivity index (χ2v) is 12.3. The van der Waals surface area contributed by atoms with Crippen LogP contribution in [-0.2, 0) is 25.2 Å². The van der Waals surface area contributed by atoms with Crippen LogP contribution in [0.25, 0.3) is 0 Å². The van der Waals surface area contributed by atoms with Gasteiger partial charge in [0.1, 0.15) is 5.60 Å². The van der Waals surface area contributed by atoms with Gasteiger partial charge in [-0.3, -0.25) is 0 Å². The summed E-state index contributed by atoms with van der Waals surface area (Å²) in [4.78, 5) is 27.6. The first-order valence-electron chi connectivity index (χ1n) is 14.3. The average molecular weight is 563 g/mol. The van der Waals surface area contributed by atoms with Gasteiger partial charge in [0.05, 0.1) is 22.1 Å². The van der Waals surface area contributed by atoms with Crippen molar-refractivity contribution < 1.29 is 23.8 Å². The van der Waals surface area contributed by atoms with Crippen LogP contribution in [0.5, 0.6) is 0 Å². The highest BCUT2D eigenvalue weighted by Gasteiger charge is 2.61. The summed E-state index contributed by atoms with van der Waals surface area (Å²) in [5, 5.41) is 0. The fraction of sp³-hybridized carbons (Fsp3) is 0.297. The lowest BCUT2D eigenvalue weighted by atomic mass is 9.59. The number of fused-ring (bicyclic) bond motifs is 1. The van der Waals surface area contributed by atoms with Crippen LogP contribution in [0.15, 0.2) is 109 Å². The predicted molar refractivity (Wildman–Crippen MR) is 164 cm³/mol. The van der Waals surface area contributed by atoms with Crippen LogP contribution in [0.1, 0.15) is 77.6 Å². The molecule has 0 radical (unpaired) electrons. The Morgan fingerprint density at radius 3 is 1.52 bits per heavy atom. The lowest BCUT2D eigenvalue weighted by molar-refractivity contribution is -0.218. The summed E-state index contributed by atoms with van der Waals surface area (Å²) in [5.41, 5.74) is 1.97. The highest BCUT2D eigenvalue weighted by atomic mass is 16.6. The molecule has 0 fully saturated rings. The van der Waals surface area contributed by atoms with Crippen LogP contribution in [-0.4, -0.2) is 29.7 Å². The SMILES string of the molecule is Cc1ccccc1[C@]1(C)c2ccccc2[C@@](C)(OC(C)(C)C)C(OC(=O)c2ccccc2)C1OC(=O)c1ccccc1. The molecule has 0 bridgehead atoms. The lowest BCUT2D eigenvalue weighted by Gasteiger charge is -2.54. The van der Waals surface area contributed by atoms with Gasteiger partial charge in [0.25, 0.3) is 0 Å². The lowest BCUT2D eigenvalue weighted by Crippen LogP contribution is -2.63. The van der Waals surface area contributed by atoms with Gasteiger partial charge in [-0.25, -0.2) is 9.59 Å². The van der Waals surface area contributed by atoms with Crippen LogP contribution < -0.4 is 0 Å². The van der Waals surface area contributed by atoms with Gasteiger partial charge < -0.3 is 14.2 Å². The monoisotopic (exact) mass is 562 g/mol. The van der Waals surface area contributed by atoms with Gasteiger partial charge in [-0.05, 0) is 88.1 Å². The third-order valence-corrected chi connectivity index (χ3v) is 8.12. The molecule has 0 saturated heterocycles. The van der Waals surface area contributed by atoms with Gasteiger partial charge in [-0.15, -0.1) is 0 Å². The fourth-order valence-corrected chi connectivity index (χ4v) is 6.34. The summed E-state index contributed by atoms with van der Waals surface area (Å²) < 4.78 is 19.8. The minimum Gasteiger partial charge on any atom is -0.453 e. The number of benzene rings is 4. The summed E-state index contributed by atoms with van der Waals surface area (Å²) in [6, 6.07) is 33.9. The van der Waals surface area contributed by atoms with E-state index in [1.54, 1.807) is 48.5 Å². The number of ether oxygens (including phenoxy) is 3. The quantitative estimate of drug-likeness (QED) is 0.225. The van der Waals surface area contributed by atoms with E-state index >= 15 is 0 Å². The Bertz CT molecular complexity index is 1570. The molecule has 4 aromatic carbocycles. The molecule has 0 amide bonds. The van der Waals surface area contributed by atoms with Gasteiger partial charge in [-0.2, -0.15) is 0 Å². The van der Waals surface area contributed by atoms with Gasteiger partial charge in [0, 0.05) is 0 Å². The molecule has 5 heteroatoms. The normalized spacial score (nSPS) is 23.5. The molecule has 4 aromatic rings. The molecule has 1 aliphatic rings. The maximum absolute atomic E-state index is 13.8. The molecule has 2 unspecified atom stereocenters. The van der Waals surface area contributed by atoms with Crippen molar-refractivity contribution in [2.24, 2.45) is 0 Å². The Morgan fingerprint density at radius 2 is 1.02 bits per heavy atom. The Morgan fingerprint density at radius 1 is 0.595 bits per heavy atom. The number of aryl methyl sites for hydroxylation is 1. The number of rotatable bonds is 6. The molecule has 0 spiro atoms. The first-order valence-corrected chi connectivity index (χ1v) is 14.3. The van der Waals surface area contributed by atoms with E-state index in [9.17, 15) is 9.59 Å². The Labute approximate surface area is 248 Å². The van der Waals surface area contributed by atoms with E-state index in [0.717, 1.165) is 22.3 Å². The van der Waals surface area contributed by atoms with Gasteiger partial charge >= 0.3 is 11.9 Å². The number of carbonyl (C=O) groups excluding carboxylic acids is 2. The molecule has 0 aromatic heterocycles. The molecule has 4 atom stereocenters. The average Bonchev–Trinajstić information content (AvgIpc) is 2.98. The van der Waals surface area contributed by atoms with Crippen LogP contribution in [0.3, 0.4) is 0 Å². The Balaban J connectivity index is 1.78. The topological polar surface area (TPSA) is 61.8 Å². The van der Waals surface area contributed by atoms with E-state index in [4.69, 9.17) is 14.2 Å². The maximum Gasteiger partial charge on any atom is 0.338 e. The van der Waals surface area contributed by atoms with Crippen molar-refractivity contribution in [2.75, 3.05) is 0 Å². The van der Waals surface area contributed by atoms with Crippen LogP contribution in [0.4, 0.5) is 0 Å². The molecule has 5 nitrogen and oxygen atoms in total. The molecule has 216 valence electrons. The number of hydrogen-bond acceptors (Lipinski definition) is 5. The third kappa shape index (κ3) is 5.37.